The Balaban J connectivity index is 1.57. The van der Waals surface area contributed by atoms with Crippen LogP contribution in [0.2, 0.25) is 0 Å². The molecular weight excluding hydrogens is 502 g/mol. The first-order chi connectivity index (χ1) is 18.8. The van der Waals surface area contributed by atoms with Gasteiger partial charge in [0.2, 0.25) is 18.3 Å². The second-order valence-electron chi connectivity index (χ2n) is 9.59. The Bertz CT molecular complexity index is 1680. The summed E-state index contributed by atoms with van der Waals surface area (Å²) < 4.78 is 33.8. The van der Waals surface area contributed by atoms with E-state index in [0.717, 1.165) is 16.7 Å². The molecule has 200 valence electrons. The first-order valence-electron chi connectivity index (χ1n) is 12.4. The van der Waals surface area contributed by atoms with Gasteiger partial charge in [0.05, 0.1) is 38.3 Å². The van der Waals surface area contributed by atoms with Crippen molar-refractivity contribution in [3.63, 3.8) is 0 Å². The lowest BCUT2D eigenvalue weighted by atomic mass is 9.96. The Kier molecular flexibility index (Phi) is 5.86. The zero-order valence-corrected chi connectivity index (χ0v) is 22.2. The molecule has 39 heavy (non-hydrogen) atoms. The molecule has 0 spiro atoms. The minimum atomic E-state index is -0.770. The molecule has 3 heterocycles. The third-order valence-electron chi connectivity index (χ3n) is 7.37. The lowest BCUT2D eigenvalue weighted by Crippen LogP contribution is -2.29. The van der Waals surface area contributed by atoms with Gasteiger partial charge in [-0.25, -0.2) is 0 Å². The summed E-state index contributed by atoms with van der Waals surface area (Å²) in [6, 6.07) is 11.9. The molecular formula is C30H27NO8. The summed E-state index contributed by atoms with van der Waals surface area (Å²) in [5, 5.41) is 0.423. The summed E-state index contributed by atoms with van der Waals surface area (Å²) in [7, 11) is 4.56. The molecule has 3 aromatic carbocycles. The van der Waals surface area contributed by atoms with Crippen molar-refractivity contribution in [3.8, 4) is 28.7 Å². The predicted molar refractivity (Wildman–Crippen MR) is 142 cm³/mol. The number of carbonyl (C=O) groups is 1. The number of methoxy groups -OCH3 is 3. The lowest BCUT2D eigenvalue weighted by molar-refractivity contribution is 0.0713. The minimum Gasteiger partial charge on any atom is -0.493 e. The molecule has 4 aromatic rings. The van der Waals surface area contributed by atoms with E-state index in [4.69, 9.17) is 28.1 Å². The molecule has 0 aliphatic carbocycles. The number of benzene rings is 3. The van der Waals surface area contributed by atoms with Crippen molar-refractivity contribution in [1.29, 1.82) is 0 Å². The van der Waals surface area contributed by atoms with Crippen LogP contribution >= 0.6 is 0 Å². The summed E-state index contributed by atoms with van der Waals surface area (Å²) in [5.74, 6) is 2.11. The zero-order valence-electron chi connectivity index (χ0n) is 22.2. The Morgan fingerprint density at radius 2 is 1.56 bits per heavy atom. The molecule has 6 rings (SSSR count). The van der Waals surface area contributed by atoms with E-state index in [-0.39, 0.29) is 30.1 Å². The Morgan fingerprint density at radius 1 is 0.872 bits per heavy atom. The number of nitrogens with zero attached hydrogens (tertiary/aromatic N) is 1. The van der Waals surface area contributed by atoms with Crippen LogP contribution in [0.5, 0.6) is 28.7 Å². The molecule has 0 radical (unpaired) electrons. The number of aryl methyl sites for hydroxylation is 2. The molecule has 0 fully saturated rings. The number of ether oxygens (including phenoxy) is 5. The van der Waals surface area contributed by atoms with Crippen LogP contribution < -0.4 is 29.1 Å². The van der Waals surface area contributed by atoms with Crippen molar-refractivity contribution in [2.24, 2.45) is 0 Å². The van der Waals surface area contributed by atoms with Gasteiger partial charge in [0.25, 0.3) is 5.91 Å². The van der Waals surface area contributed by atoms with Crippen LogP contribution in [-0.2, 0) is 6.54 Å². The van der Waals surface area contributed by atoms with E-state index in [2.05, 4.69) is 0 Å². The molecule has 9 nitrogen and oxygen atoms in total. The smallest absolute Gasteiger partial charge is 0.291 e. The molecule has 0 saturated carbocycles. The van der Waals surface area contributed by atoms with Gasteiger partial charge in [0, 0.05) is 6.54 Å². The first-order valence-corrected chi connectivity index (χ1v) is 12.4. The van der Waals surface area contributed by atoms with E-state index < -0.39 is 11.9 Å². The summed E-state index contributed by atoms with van der Waals surface area (Å²) in [5.41, 5.74) is 3.74. The molecule has 0 saturated heterocycles. The second-order valence-corrected chi connectivity index (χ2v) is 9.59. The normalized spacial score (nSPS) is 15.6. The summed E-state index contributed by atoms with van der Waals surface area (Å²) in [6.45, 7) is 4.21. The van der Waals surface area contributed by atoms with Crippen molar-refractivity contribution in [2.45, 2.75) is 26.4 Å². The molecule has 9 heteroatoms. The topological polar surface area (TPSA) is 96.7 Å². The molecule has 2 aliphatic heterocycles. The van der Waals surface area contributed by atoms with E-state index in [1.165, 1.54) is 21.3 Å². The van der Waals surface area contributed by atoms with Crippen LogP contribution in [0.4, 0.5) is 0 Å². The molecule has 0 N–H and O–H groups in total. The third kappa shape index (κ3) is 3.84. The second kappa shape index (κ2) is 9.27. The highest BCUT2D eigenvalue weighted by atomic mass is 16.7. The first kappa shape index (κ1) is 24.7. The van der Waals surface area contributed by atoms with E-state index in [9.17, 15) is 9.59 Å². The number of hydrogen-bond donors (Lipinski definition) is 0. The SMILES string of the molecule is COc1cc(C2c3c(oc4cc(C)c(C)cc4c3=O)C(=O)N2Cc2ccc3c(c2)OCO3)cc(OC)c1OC. The number of fused-ring (bicyclic) bond motifs is 3. The largest absolute Gasteiger partial charge is 0.493 e. The van der Waals surface area contributed by atoms with Crippen LogP contribution in [0.15, 0.2) is 51.7 Å². The molecule has 1 unspecified atom stereocenters. The molecule has 0 bridgehead atoms. The van der Waals surface area contributed by atoms with Crippen LogP contribution in [0.1, 0.15) is 44.4 Å². The van der Waals surface area contributed by atoms with Crippen LogP contribution in [-0.4, -0.2) is 38.9 Å². The van der Waals surface area contributed by atoms with Gasteiger partial charge in [-0.05, 0) is 72.5 Å². The number of amides is 1. The molecule has 1 aromatic heterocycles. The third-order valence-corrected chi connectivity index (χ3v) is 7.37. The highest BCUT2D eigenvalue weighted by Gasteiger charge is 2.43. The maximum Gasteiger partial charge on any atom is 0.291 e. The fraction of sp³-hybridized carbons (Fsp3) is 0.267. The fourth-order valence-electron chi connectivity index (χ4n) is 5.28. The Hall–Kier alpha value is -4.66. The Morgan fingerprint density at radius 3 is 2.26 bits per heavy atom. The number of carbonyl (C=O) groups excluding carboxylic acids is 1. The van der Waals surface area contributed by atoms with Crippen molar-refractivity contribution >= 4 is 16.9 Å². The van der Waals surface area contributed by atoms with Crippen molar-refractivity contribution in [1.82, 2.24) is 4.90 Å². The Labute approximate surface area is 224 Å². The standard InChI is InChI=1S/C30H27NO8/c1-15-8-19-21(9-16(15)2)39-29-25(27(19)32)26(18-11-23(34-3)28(36-5)24(12-18)35-4)31(30(29)33)13-17-6-7-20-22(10-17)38-14-37-20/h6-12,26H,13-14H2,1-5H3. The number of hydrogen-bond acceptors (Lipinski definition) is 8. The fourth-order valence-corrected chi connectivity index (χ4v) is 5.28. The van der Waals surface area contributed by atoms with Gasteiger partial charge in [-0.2, -0.15) is 0 Å². The minimum absolute atomic E-state index is 0.0234. The van der Waals surface area contributed by atoms with E-state index in [1.807, 2.05) is 38.1 Å². The van der Waals surface area contributed by atoms with Gasteiger partial charge in [0.1, 0.15) is 5.58 Å². The molecule has 1 amide bonds. The highest BCUT2D eigenvalue weighted by molar-refractivity contribution is 5.99. The van der Waals surface area contributed by atoms with Crippen LogP contribution in [0, 0.1) is 13.8 Å². The predicted octanol–water partition coefficient (Wildman–Crippen LogP) is 4.91. The maximum atomic E-state index is 14.0. The van der Waals surface area contributed by atoms with Crippen molar-refractivity contribution in [2.75, 3.05) is 28.1 Å². The monoisotopic (exact) mass is 529 g/mol. The number of rotatable bonds is 6. The summed E-state index contributed by atoms with van der Waals surface area (Å²) >= 11 is 0. The van der Waals surface area contributed by atoms with Gasteiger partial charge < -0.3 is 33.0 Å². The van der Waals surface area contributed by atoms with Gasteiger partial charge in [-0.15, -0.1) is 0 Å². The van der Waals surface area contributed by atoms with Gasteiger partial charge in [-0.1, -0.05) is 6.07 Å². The quantitative estimate of drug-likeness (QED) is 0.348. The van der Waals surface area contributed by atoms with Gasteiger partial charge >= 0.3 is 0 Å². The zero-order chi connectivity index (χ0) is 27.4. The van der Waals surface area contributed by atoms with E-state index >= 15 is 0 Å². The molecule has 1 atom stereocenters. The molecule has 2 aliphatic rings. The van der Waals surface area contributed by atoms with Crippen LogP contribution in [0.25, 0.3) is 11.0 Å². The van der Waals surface area contributed by atoms with Crippen molar-refractivity contribution in [3.05, 3.63) is 86.3 Å². The summed E-state index contributed by atoms with van der Waals surface area (Å²) in [4.78, 5) is 29.6. The average Bonchev–Trinajstić information content (AvgIpc) is 3.51. The maximum absolute atomic E-state index is 14.0. The van der Waals surface area contributed by atoms with Crippen LogP contribution in [0.3, 0.4) is 0 Å². The van der Waals surface area contributed by atoms with Crippen molar-refractivity contribution < 1.29 is 32.9 Å². The van der Waals surface area contributed by atoms with E-state index in [0.29, 0.717) is 45.3 Å². The van der Waals surface area contributed by atoms with Gasteiger partial charge in [-0.3, -0.25) is 9.59 Å². The lowest BCUT2D eigenvalue weighted by Gasteiger charge is -2.26. The summed E-state index contributed by atoms with van der Waals surface area (Å²) in [6.07, 6.45) is 0. The average molecular weight is 530 g/mol. The highest BCUT2D eigenvalue weighted by Crippen LogP contribution is 2.46. The van der Waals surface area contributed by atoms with Gasteiger partial charge in [0.15, 0.2) is 28.4 Å². The van der Waals surface area contributed by atoms with E-state index in [1.54, 1.807) is 23.1 Å².